The quantitative estimate of drug-likeness (QED) is 0.537. The fourth-order valence-corrected chi connectivity index (χ4v) is 2.96. The van der Waals surface area contributed by atoms with Crippen LogP contribution >= 0.6 is 0 Å². The highest BCUT2D eigenvalue weighted by Crippen LogP contribution is 2.27. The van der Waals surface area contributed by atoms with Gasteiger partial charge in [0.25, 0.3) is 0 Å². The molecule has 0 N–H and O–H groups in total. The second kappa shape index (κ2) is 6.40. The van der Waals surface area contributed by atoms with Gasteiger partial charge in [0.2, 0.25) is 11.8 Å². The topological polar surface area (TPSA) is 42.2 Å². The molecule has 0 saturated carbocycles. The summed E-state index contributed by atoms with van der Waals surface area (Å²) in [5.74, 6) is 1.16. The third-order valence-corrected chi connectivity index (χ3v) is 4.32. The van der Waals surface area contributed by atoms with Crippen LogP contribution in [0.25, 0.3) is 22.2 Å². The van der Waals surface area contributed by atoms with Gasteiger partial charge in [0.15, 0.2) is 0 Å². The fraction of sp³-hybridized carbons (Fsp3) is 0.143. The lowest BCUT2D eigenvalue weighted by Gasteiger charge is -2.19. The molecule has 0 atom stereocenters. The molecule has 4 rings (SSSR count). The Labute approximate surface area is 146 Å². The smallest absolute Gasteiger partial charge is 0.247 e. The Balaban J connectivity index is 1.59. The molecule has 4 nitrogen and oxygen atoms in total. The first-order chi connectivity index (χ1) is 12.2. The molecule has 4 aromatic rings. The van der Waals surface area contributed by atoms with Gasteiger partial charge in [-0.3, -0.25) is 0 Å². The van der Waals surface area contributed by atoms with E-state index in [0.717, 1.165) is 11.3 Å². The van der Waals surface area contributed by atoms with Crippen LogP contribution in [0, 0.1) is 6.92 Å². The number of aromatic nitrogens is 2. The van der Waals surface area contributed by atoms with E-state index < -0.39 is 0 Å². The molecule has 0 bridgehead atoms. The van der Waals surface area contributed by atoms with Crippen LogP contribution in [0.2, 0.25) is 0 Å². The summed E-state index contributed by atoms with van der Waals surface area (Å²) in [7, 11) is 2.04. The SMILES string of the molecule is Cc1ccc(-c2nnc(CN(C)c3cccc4ccccc34)o2)cc1. The number of hydrogen-bond acceptors (Lipinski definition) is 4. The molecule has 0 fully saturated rings. The molecule has 4 heteroatoms. The lowest BCUT2D eigenvalue weighted by Crippen LogP contribution is -2.16. The van der Waals surface area contributed by atoms with E-state index in [2.05, 4.69) is 64.5 Å². The van der Waals surface area contributed by atoms with E-state index in [4.69, 9.17) is 4.42 Å². The maximum absolute atomic E-state index is 5.85. The van der Waals surface area contributed by atoms with Crippen LogP contribution in [0.5, 0.6) is 0 Å². The largest absolute Gasteiger partial charge is 0.419 e. The van der Waals surface area contributed by atoms with Gasteiger partial charge in [-0.1, -0.05) is 54.1 Å². The molecular weight excluding hydrogens is 310 g/mol. The van der Waals surface area contributed by atoms with E-state index >= 15 is 0 Å². The van der Waals surface area contributed by atoms with Crippen molar-refractivity contribution in [3.05, 3.63) is 78.2 Å². The molecule has 124 valence electrons. The molecule has 0 aliphatic rings. The van der Waals surface area contributed by atoms with E-state index in [1.54, 1.807) is 0 Å². The molecule has 0 saturated heterocycles. The fourth-order valence-electron chi connectivity index (χ4n) is 2.96. The van der Waals surface area contributed by atoms with Crippen molar-refractivity contribution in [1.29, 1.82) is 0 Å². The molecule has 0 spiro atoms. The van der Waals surface area contributed by atoms with Gasteiger partial charge in [-0.15, -0.1) is 10.2 Å². The van der Waals surface area contributed by atoms with Crippen molar-refractivity contribution in [3.63, 3.8) is 0 Å². The minimum atomic E-state index is 0.557. The minimum Gasteiger partial charge on any atom is -0.419 e. The lowest BCUT2D eigenvalue weighted by molar-refractivity contribution is 0.504. The molecule has 0 amide bonds. The Morgan fingerprint density at radius 1 is 0.880 bits per heavy atom. The minimum absolute atomic E-state index is 0.557. The summed E-state index contributed by atoms with van der Waals surface area (Å²) in [5, 5.41) is 10.8. The summed E-state index contributed by atoms with van der Waals surface area (Å²) in [4.78, 5) is 2.13. The van der Waals surface area contributed by atoms with Crippen molar-refractivity contribution in [2.24, 2.45) is 0 Å². The number of fused-ring (bicyclic) bond motifs is 1. The molecule has 25 heavy (non-hydrogen) atoms. The van der Waals surface area contributed by atoms with Crippen molar-refractivity contribution in [1.82, 2.24) is 10.2 Å². The van der Waals surface area contributed by atoms with Gasteiger partial charge < -0.3 is 9.32 Å². The standard InChI is InChI=1S/C21H19N3O/c1-15-10-12-17(13-11-15)21-23-22-20(25-21)14-24(2)19-9-5-7-16-6-3-4-8-18(16)19/h3-13H,14H2,1-2H3. The normalized spacial score (nSPS) is 11.0. The Kier molecular flexibility index (Phi) is 3.94. The van der Waals surface area contributed by atoms with Crippen LogP contribution in [0.15, 0.2) is 71.1 Å². The Morgan fingerprint density at radius 2 is 1.64 bits per heavy atom. The average Bonchev–Trinajstić information content (AvgIpc) is 3.10. The molecule has 0 aliphatic carbocycles. The molecular formula is C21H19N3O. The first kappa shape index (κ1) is 15.4. The van der Waals surface area contributed by atoms with Crippen LogP contribution in [-0.2, 0) is 6.54 Å². The molecule has 0 radical (unpaired) electrons. The summed E-state index contributed by atoms with van der Waals surface area (Å²) in [6.07, 6.45) is 0. The van der Waals surface area contributed by atoms with Crippen molar-refractivity contribution < 1.29 is 4.42 Å². The van der Waals surface area contributed by atoms with Gasteiger partial charge in [0.05, 0.1) is 6.54 Å². The predicted octanol–water partition coefficient (Wildman–Crippen LogP) is 4.83. The summed E-state index contributed by atoms with van der Waals surface area (Å²) in [6, 6.07) is 22.8. The number of nitrogens with zero attached hydrogens (tertiary/aromatic N) is 3. The summed E-state index contributed by atoms with van der Waals surface area (Å²) >= 11 is 0. The lowest BCUT2D eigenvalue weighted by atomic mass is 10.1. The third kappa shape index (κ3) is 3.11. The van der Waals surface area contributed by atoms with Crippen molar-refractivity contribution in [2.45, 2.75) is 13.5 Å². The number of hydrogen-bond donors (Lipinski definition) is 0. The molecule has 1 aromatic heterocycles. The van der Waals surface area contributed by atoms with Crippen LogP contribution in [0.1, 0.15) is 11.5 Å². The van der Waals surface area contributed by atoms with Gasteiger partial charge in [0.1, 0.15) is 0 Å². The maximum Gasteiger partial charge on any atom is 0.247 e. The predicted molar refractivity (Wildman–Crippen MR) is 101 cm³/mol. The Hall–Kier alpha value is -3.14. The number of aryl methyl sites for hydroxylation is 1. The monoisotopic (exact) mass is 329 g/mol. The van der Waals surface area contributed by atoms with Crippen LogP contribution in [-0.4, -0.2) is 17.2 Å². The maximum atomic E-state index is 5.85. The molecule has 3 aromatic carbocycles. The Morgan fingerprint density at radius 3 is 2.48 bits per heavy atom. The number of benzene rings is 3. The van der Waals surface area contributed by atoms with E-state index in [-0.39, 0.29) is 0 Å². The third-order valence-electron chi connectivity index (χ3n) is 4.32. The molecule has 1 heterocycles. The molecule has 0 unspecified atom stereocenters. The van der Waals surface area contributed by atoms with E-state index in [9.17, 15) is 0 Å². The zero-order chi connectivity index (χ0) is 17.2. The number of anilines is 1. The first-order valence-corrected chi connectivity index (χ1v) is 8.29. The first-order valence-electron chi connectivity index (χ1n) is 8.29. The highest BCUT2D eigenvalue weighted by molar-refractivity contribution is 5.94. The molecule has 0 aliphatic heterocycles. The van der Waals surface area contributed by atoms with Crippen LogP contribution in [0.3, 0.4) is 0 Å². The van der Waals surface area contributed by atoms with Gasteiger partial charge in [0, 0.05) is 23.7 Å². The summed E-state index contributed by atoms with van der Waals surface area (Å²) in [5.41, 5.74) is 3.30. The highest BCUT2D eigenvalue weighted by Gasteiger charge is 2.12. The van der Waals surface area contributed by atoms with Gasteiger partial charge in [-0.05, 0) is 30.5 Å². The second-order valence-electron chi connectivity index (χ2n) is 6.22. The average molecular weight is 329 g/mol. The van der Waals surface area contributed by atoms with E-state index in [1.165, 1.54) is 16.3 Å². The highest BCUT2D eigenvalue weighted by atomic mass is 16.4. The van der Waals surface area contributed by atoms with Crippen molar-refractivity contribution in [3.8, 4) is 11.5 Å². The second-order valence-corrected chi connectivity index (χ2v) is 6.22. The van der Waals surface area contributed by atoms with Crippen LogP contribution < -0.4 is 4.90 Å². The Bertz CT molecular complexity index is 1000. The van der Waals surface area contributed by atoms with Crippen molar-refractivity contribution in [2.75, 3.05) is 11.9 Å². The summed E-state index contributed by atoms with van der Waals surface area (Å²) < 4.78 is 5.85. The zero-order valence-corrected chi connectivity index (χ0v) is 14.3. The summed E-state index contributed by atoms with van der Waals surface area (Å²) in [6.45, 7) is 2.62. The van der Waals surface area contributed by atoms with E-state index in [1.807, 2.05) is 31.3 Å². The number of rotatable bonds is 4. The van der Waals surface area contributed by atoms with Gasteiger partial charge in [-0.2, -0.15) is 0 Å². The van der Waals surface area contributed by atoms with Gasteiger partial charge in [-0.25, -0.2) is 0 Å². The van der Waals surface area contributed by atoms with E-state index in [0.29, 0.717) is 18.3 Å². The zero-order valence-electron chi connectivity index (χ0n) is 14.3. The van der Waals surface area contributed by atoms with Gasteiger partial charge >= 0.3 is 0 Å². The van der Waals surface area contributed by atoms with Crippen molar-refractivity contribution >= 4 is 16.5 Å². The van der Waals surface area contributed by atoms with Crippen LogP contribution in [0.4, 0.5) is 5.69 Å².